The standard InChI is InChI=1S/C12H18N2O3S/c1-3-6-14-18(15,16)10-4-5-12-11(7-10)13-8-9(2)17-12/h4-5,7,9,13-14H,3,6,8H2,1-2H3. The summed E-state index contributed by atoms with van der Waals surface area (Å²) in [5.74, 6) is 0.697. The van der Waals surface area contributed by atoms with E-state index < -0.39 is 10.0 Å². The van der Waals surface area contributed by atoms with E-state index in [1.165, 1.54) is 0 Å². The first kappa shape index (κ1) is 13.2. The van der Waals surface area contributed by atoms with Gasteiger partial charge < -0.3 is 10.1 Å². The van der Waals surface area contributed by atoms with Gasteiger partial charge in [0, 0.05) is 6.54 Å². The van der Waals surface area contributed by atoms with Crippen molar-refractivity contribution in [2.24, 2.45) is 0 Å². The van der Waals surface area contributed by atoms with Crippen molar-refractivity contribution in [1.29, 1.82) is 0 Å². The second-order valence-electron chi connectivity index (χ2n) is 4.37. The average Bonchev–Trinajstić information content (AvgIpc) is 2.35. The second kappa shape index (κ2) is 5.16. The van der Waals surface area contributed by atoms with Crippen LogP contribution in [0, 0.1) is 0 Å². The number of ether oxygens (including phenoxy) is 1. The molecule has 18 heavy (non-hydrogen) atoms. The summed E-state index contributed by atoms with van der Waals surface area (Å²) in [5, 5.41) is 3.16. The van der Waals surface area contributed by atoms with Gasteiger partial charge in [-0.3, -0.25) is 0 Å². The first-order chi connectivity index (χ1) is 8.53. The first-order valence-electron chi connectivity index (χ1n) is 6.07. The minimum absolute atomic E-state index is 0.0955. The first-order valence-corrected chi connectivity index (χ1v) is 7.55. The molecule has 1 aliphatic rings. The van der Waals surface area contributed by atoms with Crippen molar-refractivity contribution in [3.8, 4) is 5.75 Å². The molecule has 0 saturated heterocycles. The van der Waals surface area contributed by atoms with Gasteiger partial charge in [0.1, 0.15) is 11.9 Å². The molecule has 1 aromatic carbocycles. The predicted molar refractivity (Wildman–Crippen MR) is 70.5 cm³/mol. The highest BCUT2D eigenvalue weighted by Crippen LogP contribution is 2.31. The summed E-state index contributed by atoms with van der Waals surface area (Å²) >= 11 is 0. The Labute approximate surface area is 108 Å². The molecular weight excluding hydrogens is 252 g/mol. The Bertz CT molecular complexity index is 528. The molecule has 0 fully saturated rings. The van der Waals surface area contributed by atoms with E-state index in [0.29, 0.717) is 18.8 Å². The Morgan fingerprint density at radius 1 is 1.50 bits per heavy atom. The monoisotopic (exact) mass is 270 g/mol. The fraction of sp³-hybridized carbons (Fsp3) is 0.500. The second-order valence-corrected chi connectivity index (χ2v) is 6.13. The highest BCUT2D eigenvalue weighted by molar-refractivity contribution is 7.89. The fourth-order valence-corrected chi connectivity index (χ4v) is 2.91. The van der Waals surface area contributed by atoms with Gasteiger partial charge in [-0.25, -0.2) is 13.1 Å². The van der Waals surface area contributed by atoms with Crippen LogP contribution in [0.5, 0.6) is 5.75 Å². The normalized spacial score (nSPS) is 18.7. The van der Waals surface area contributed by atoms with E-state index in [4.69, 9.17) is 4.74 Å². The van der Waals surface area contributed by atoms with Gasteiger partial charge >= 0.3 is 0 Å². The lowest BCUT2D eigenvalue weighted by Gasteiger charge is -2.25. The summed E-state index contributed by atoms with van der Waals surface area (Å²) < 4.78 is 32.1. The lowest BCUT2D eigenvalue weighted by atomic mass is 10.2. The van der Waals surface area contributed by atoms with Crippen LogP contribution in [-0.2, 0) is 10.0 Å². The Balaban J connectivity index is 2.26. The van der Waals surface area contributed by atoms with Crippen molar-refractivity contribution in [1.82, 2.24) is 4.72 Å². The maximum atomic E-state index is 12.0. The summed E-state index contributed by atoms with van der Waals surface area (Å²) in [6, 6.07) is 4.87. The Morgan fingerprint density at radius 3 is 3.00 bits per heavy atom. The van der Waals surface area contributed by atoms with Gasteiger partial charge in [-0.15, -0.1) is 0 Å². The molecule has 0 radical (unpaired) electrons. The van der Waals surface area contributed by atoms with Crippen LogP contribution in [0.2, 0.25) is 0 Å². The Kier molecular flexibility index (Phi) is 3.77. The zero-order valence-electron chi connectivity index (χ0n) is 10.6. The quantitative estimate of drug-likeness (QED) is 0.871. The molecule has 0 aromatic heterocycles. The molecule has 0 saturated carbocycles. The van der Waals surface area contributed by atoms with Gasteiger partial charge in [-0.05, 0) is 31.5 Å². The number of nitrogens with one attached hydrogen (secondary N) is 2. The van der Waals surface area contributed by atoms with Crippen LogP contribution in [-0.4, -0.2) is 27.6 Å². The minimum atomic E-state index is -3.41. The molecule has 100 valence electrons. The van der Waals surface area contributed by atoms with Crippen LogP contribution in [0.3, 0.4) is 0 Å². The highest BCUT2D eigenvalue weighted by Gasteiger charge is 2.19. The SMILES string of the molecule is CCCNS(=O)(=O)c1ccc2c(c1)NCC(C)O2. The smallest absolute Gasteiger partial charge is 0.240 e. The van der Waals surface area contributed by atoms with Gasteiger partial charge in [-0.1, -0.05) is 6.92 Å². The van der Waals surface area contributed by atoms with E-state index in [1.807, 2.05) is 13.8 Å². The lowest BCUT2D eigenvalue weighted by molar-refractivity contribution is 0.226. The predicted octanol–water partition coefficient (Wildman–Crippen LogP) is 1.57. The topological polar surface area (TPSA) is 67.4 Å². The van der Waals surface area contributed by atoms with Crippen molar-refractivity contribution in [3.63, 3.8) is 0 Å². The van der Waals surface area contributed by atoms with Crippen molar-refractivity contribution in [2.75, 3.05) is 18.4 Å². The van der Waals surface area contributed by atoms with Crippen LogP contribution in [0.1, 0.15) is 20.3 Å². The van der Waals surface area contributed by atoms with Crippen molar-refractivity contribution >= 4 is 15.7 Å². The Morgan fingerprint density at radius 2 is 2.28 bits per heavy atom. The third-order valence-electron chi connectivity index (χ3n) is 2.71. The van der Waals surface area contributed by atoms with E-state index in [9.17, 15) is 8.42 Å². The van der Waals surface area contributed by atoms with Gasteiger partial charge in [0.2, 0.25) is 10.0 Å². The van der Waals surface area contributed by atoms with E-state index in [1.54, 1.807) is 18.2 Å². The summed E-state index contributed by atoms with van der Waals surface area (Å²) in [5.41, 5.74) is 0.729. The zero-order chi connectivity index (χ0) is 13.2. The van der Waals surface area contributed by atoms with Crippen molar-refractivity contribution in [3.05, 3.63) is 18.2 Å². The molecule has 1 aliphatic heterocycles. The van der Waals surface area contributed by atoms with Crippen LogP contribution in [0.15, 0.2) is 23.1 Å². The highest BCUT2D eigenvalue weighted by atomic mass is 32.2. The molecule has 1 heterocycles. The summed E-state index contributed by atoms with van der Waals surface area (Å²) in [6.07, 6.45) is 0.862. The van der Waals surface area contributed by atoms with Crippen molar-refractivity contribution in [2.45, 2.75) is 31.3 Å². The molecule has 0 amide bonds. The van der Waals surface area contributed by atoms with Gasteiger partial charge in [0.25, 0.3) is 0 Å². The molecular formula is C12H18N2O3S. The minimum Gasteiger partial charge on any atom is -0.487 e. The van der Waals surface area contributed by atoms with Gasteiger partial charge in [0.05, 0.1) is 17.1 Å². The summed E-state index contributed by atoms with van der Waals surface area (Å²) in [6.45, 7) is 5.01. The molecule has 6 heteroatoms. The molecule has 0 bridgehead atoms. The number of hydrogen-bond donors (Lipinski definition) is 2. The number of sulfonamides is 1. The molecule has 2 N–H and O–H groups in total. The lowest BCUT2D eigenvalue weighted by Crippen LogP contribution is -2.28. The van der Waals surface area contributed by atoms with Gasteiger partial charge in [0.15, 0.2) is 0 Å². The van der Waals surface area contributed by atoms with E-state index >= 15 is 0 Å². The van der Waals surface area contributed by atoms with Gasteiger partial charge in [-0.2, -0.15) is 0 Å². The maximum Gasteiger partial charge on any atom is 0.240 e. The molecule has 1 atom stereocenters. The van der Waals surface area contributed by atoms with Crippen molar-refractivity contribution < 1.29 is 13.2 Å². The molecule has 0 aliphatic carbocycles. The van der Waals surface area contributed by atoms with Crippen LogP contribution in [0.25, 0.3) is 0 Å². The molecule has 1 unspecified atom stereocenters. The third kappa shape index (κ3) is 2.76. The van der Waals surface area contributed by atoms with E-state index in [0.717, 1.165) is 12.1 Å². The van der Waals surface area contributed by atoms with Crippen LogP contribution >= 0.6 is 0 Å². The number of benzene rings is 1. The average molecular weight is 270 g/mol. The number of rotatable bonds is 4. The Hall–Kier alpha value is -1.27. The van der Waals surface area contributed by atoms with E-state index in [-0.39, 0.29) is 11.0 Å². The molecule has 1 aromatic rings. The zero-order valence-corrected chi connectivity index (χ0v) is 11.4. The van der Waals surface area contributed by atoms with Crippen LogP contribution < -0.4 is 14.8 Å². The number of fused-ring (bicyclic) bond motifs is 1. The van der Waals surface area contributed by atoms with Crippen LogP contribution in [0.4, 0.5) is 5.69 Å². The number of hydrogen-bond acceptors (Lipinski definition) is 4. The largest absolute Gasteiger partial charge is 0.487 e. The molecule has 5 nitrogen and oxygen atoms in total. The number of anilines is 1. The maximum absolute atomic E-state index is 12.0. The van der Waals surface area contributed by atoms with E-state index in [2.05, 4.69) is 10.0 Å². The summed E-state index contributed by atoms with van der Waals surface area (Å²) in [4.78, 5) is 0.264. The molecule has 0 spiro atoms. The summed E-state index contributed by atoms with van der Waals surface area (Å²) in [7, 11) is -3.41. The third-order valence-corrected chi connectivity index (χ3v) is 4.17. The molecule has 2 rings (SSSR count). The fourth-order valence-electron chi connectivity index (χ4n) is 1.75.